The summed E-state index contributed by atoms with van der Waals surface area (Å²) in [4.78, 5) is 27.6. The van der Waals surface area contributed by atoms with Gasteiger partial charge in [-0.2, -0.15) is 0 Å². The molecule has 2 heterocycles. The van der Waals surface area contributed by atoms with Gasteiger partial charge in [-0.05, 0) is 30.5 Å². The van der Waals surface area contributed by atoms with Crippen molar-refractivity contribution in [1.29, 1.82) is 0 Å². The van der Waals surface area contributed by atoms with Gasteiger partial charge in [0.2, 0.25) is 0 Å². The molecule has 0 bridgehead atoms. The predicted molar refractivity (Wildman–Crippen MR) is 116 cm³/mol. The van der Waals surface area contributed by atoms with E-state index in [1.54, 1.807) is 11.8 Å². The molecule has 5 nitrogen and oxygen atoms in total. The Kier molecular flexibility index (Phi) is 5.79. The molecule has 1 atom stereocenters. The van der Waals surface area contributed by atoms with Crippen LogP contribution in [0.1, 0.15) is 31.1 Å². The van der Waals surface area contributed by atoms with E-state index in [4.69, 9.17) is 4.74 Å². The van der Waals surface area contributed by atoms with Gasteiger partial charge in [-0.25, -0.2) is 4.79 Å². The van der Waals surface area contributed by atoms with Crippen LogP contribution in [0.2, 0.25) is 0 Å². The van der Waals surface area contributed by atoms with Crippen molar-refractivity contribution in [2.24, 2.45) is 0 Å². The second-order valence-electron chi connectivity index (χ2n) is 7.47. The highest BCUT2D eigenvalue weighted by Crippen LogP contribution is 2.45. The SMILES string of the molecule is CC(C)=C1C(=O)N2C(C(=O)OC(c3ccccc3)c3ccccc3)=C(CO)CSC12. The van der Waals surface area contributed by atoms with Crippen LogP contribution in [0, 0.1) is 0 Å². The lowest BCUT2D eigenvalue weighted by Gasteiger charge is -2.46. The minimum atomic E-state index is -0.611. The van der Waals surface area contributed by atoms with Crippen molar-refractivity contribution in [3.05, 3.63) is 94.2 Å². The van der Waals surface area contributed by atoms with E-state index in [1.165, 1.54) is 4.90 Å². The molecular weight excluding hydrogens is 398 g/mol. The molecule has 1 N–H and O–H groups in total. The Morgan fingerprint density at radius 3 is 2.17 bits per heavy atom. The second kappa shape index (κ2) is 8.50. The number of benzene rings is 2. The number of β-lactam (4-membered cyclic amide) rings is 1. The van der Waals surface area contributed by atoms with Crippen LogP contribution in [-0.2, 0) is 14.3 Å². The van der Waals surface area contributed by atoms with Gasteiger partial charge < -0.3 is 9.84 Å². The van der Waals surface area contributed by atoms with Crippen molar-refractivity contribution in [1.82, 2.24) is 4.90 Å². The smallest absolute Gasteiger partial charge is 0.356 e. The van der Waals surface area contributed by atoms with Crippen molar-refractivity contribution >= 4 is 23.6 Å². The van der Waals surface area contributed by atoms with Crippen LogP contribution in [0.4, 0.5) is 0 Å². The van der Waals surface area contributed by atoms with Gasteiger partial charge >= 0.3 is 5.97 Å². The normalized spacial score (nSPS) is 18.3. The van der Waals surface area contributed by atoms with E-state index >= 15 is 0 Å². The van der Waals surface area contributed by atoms with Crippen molar-refractivity contribution in [3.63, 3.8) is 0 Å². The number of hydrogen-bond acceptors (Lipinski definition) is 5. The number of nitrogens with zero attached hydrogens (tertiary/aromatic N) is 1. The molecule has 1 unspecified atom stereocenters. The highest BCUT2D eigenvalue weighted by atomic mass is 32.2. The van der Waals surface area contributed by atoms with Gasteiger partial charge in [0, 0.05) is 11.3 Å². The monoisotopic (exact) mass is 421 g/mol. The number of hydrogen-bond donors (Lipinski definition) is 1. The van der Waals surface area contributed by atoms with Crippen molar-refractivity contribution in [2.75, 3.05) is 12.4 Å². The van der Waals surface area contributed by atoms with E-state index < -0.39 is 12.1 Å². The van der Waals surface area contributed by atoms with Crippen LogP contribution in [0.5, 0.6) is 0 Å². The molecule has 1 fully saturated rings. The molecule has 4 rings (SSSR count). The Labute approximate surface area is 180 Å². The lowest BCUT2D eigenvalue weighted by molar-refractivity contribution is -0.149. The van der Waals surface area contributed by atoms with Crippen molar-refractivity contribution in [3.8, 4) is 0 Å². The number of amides is 1. The minimum absolute atomic E-state index is 0.174. The molecule has 30 heavy (non-hydrogen) atoms. The highest BCUT2D eigenvalue weighted by Gasteiger charge is 2.50. The zero-order valence-corrected chi connectivity index (χ0v) is 17.7. The fourth-order valence-corrected chi connectivity index (χ4v) is 5.21. The zero-order chi connectivity index (χ0) is 21.3. The number of thioether (sulfide) groups is 1. The summed E-state index contributed by atoms with van der Waals surface area (Å²) in [5, 5.41) is 9.64. The average Bonchev–Trinajstić information content (AvgIpc) is 2.77. The van der Waals surface area contributed by atoms with E-state index in [9.17, 15) is 14.7 Å². The van der Waals surface area contributed by atoms with Crippen LogP contribution in [-0.4, -0.2) is 39.6 Å². The third-order valence-electron chi connectivity index (χ3n) is 5.27. The summed E-state index contributed by atoms with van der Waals surface area (Å²) in [5.74, 6) is -0.308. The lowest BCUT2D eigenvalue weighted by atomic mass is 9.98. The van der Waals surface area contributed by atoms with Gasteiger partial charge in [-0.1, -0.05) is 66.2 Å². The molecule has 0 radical (unpaired) electrons. The van der Waals surface area contributed by atoms with Gasteiger partial charge in [0.05, 0.1) is 6.61 Å². The number of aliphatic hydroxyl groups is 1. The van der Waals surface area contributed by atoms with E-state index in [0.29, 0.717) is 11.3 Å². The third kappa shape index (κ3) is 3.57. The molecule has 0 aromatic heterocycles. The second-order valence-corrected chi connectivity index (χ2v) is 8.54. The molecule has 2 aliphatic rings. The molecule has 2 aromatic rings. The van der Waals surface area contributed by atoms with E-state index in [0.717, 1.165) is 22.3 Å². The Balaban J connectivity index is 1.69. The Morgan fingerprint density at radius 1 is 1.10 bits per heavy atom. The number of allylic oxidation sites excluding steroid dienone is 1. The number of fused-ring (bicyclic) bond motifs is 1. The van der Waals surface area contributed by atoms with Crippen LogP contribution in [0.25, 0.3) is 0 Å². The van der Waals surface area contributed by atoms with Gasteiger partial charge in [-0.15, -0.1) is 11.8 Å². The van der Waals surface area contributed by atoms with Gasteiger partial charge in [-0.3, -0.25) is 9.69 Å². The van der Waals surface area contributed by atoms with Gasteiger partial charge in [0.15, 0.2) is 6.10 Å². The number of aliphatic hydroxyl groups excluding tert-OH is 1. The summed E-state index contributed by atoms with van der Waals surface area (Å²) in [6.07, 6.45) is -0.611. The Morgan fingerprint density at radius 2 is 1.67 bits per heavy atom. The number of carbonyl (C=O) groups excluding carboxylic acids is 2. The van der Waals surface area contributed by atoms with Crippen molar-refractivity contribution in [2.45, 2.75) is 25.3 Å². The molecule has 1 amide bonds. The number of rotatable bonds is 5. The first-order valence-electron chi connectivity index (χ1n) is 9.79. The molecule has 1 saturated heterocycles. The first kappa shape index (κ1) is 20.4. The molecule has 154 valence electrons. The minimum Gasteiger partial charge on any atom is -0.448 e. The summed E-state index contributed by atoms with van der Waals surface area (Å²) >= 11 is 1.54. The molecule has 0 aliphatic carbocycles. The number of carbonyl (C=O) groups is 2. The number of esters is 1. The Bertz CT molecular complexity index is 986. The first-order valence-corrected chi connectivity index (χ1v) is 10.8. The standard InChI is InChI=1S/C24H23NO4S/c1-15(2)19-22(27)25-20(18(13-26)14-30-23(19)25)24(28)29-21(16-9-5-3-6-10-16)17-11-7-4-8-12-17/h3-12,21,23,26H,13-14H2,1-2H3. The zero-order valence-electron chi connectivity index (χ0n) is 16.9. The fraction of sp³-hybridized carbons (Fsp3) is 0.250. The topological polar surface area (TPSA) is 66.8 Å². The maximum absolute atomic E-state index is 13.3. The third-order valence-corrected chi connectivity index (χ3v) is 6.55. The maximum Gasteiger partial charge on any atom is 0.356 e. The summed E-state index contributed by atoms with van der Waals surface area (Å²) in [6.45, 7) is 3.50. The molecule has 0 spiro atoms. The maximum atomic E-state index is 13.3. The molecular formula is C24H23NO4S. The van der Waals surface area contributed by atoms with Crippen LogP contribution < -0.4 is 0 Å². The van der Waals surface area contributed by atoms with Gasteiger partial charge in [0.25, 0.3) is 5.91 Å². The van der Waals surface area contributed by atoms with E-state index in [-0.39, 0.29) is 23.6 Å². The van der Waals surface area contributed by atoms with Gasteiger partial charge in [0.1, 0.15) is 11.1 Å². The molecule has 6 heteroatoms. The van der Waals surface area contributed by atoms with E-state index in [1.807, 2.05) is 74.5 Å². The number of ether oxygens (including phenoxy) is 1. The average molecular weight is 422 g/mol. The van der Waals surface area contributed by atoms with Crippen LogP contribution in [0.15, 0.2) is 83.1 Å². The highest BCUT2D eigenvalue weighted by molar-refractivity contribution is 8.00. The fourth-order valence-electron chi connectivity index (χ4n) is 3.77. The summed E-state index contributed by atoms with van der Waals surface area (Å²) in [7, 11) is 0. The van der Waals surface area contributed by atoms with Crippen molar-refractivity contribution < 1.29 is 19.4 Å². The first-order chi connectivity index (χ1) is 14.5. The largest absolute Gasteiger partial charge is 0.448 e. The molecule has 2 aromatic carbocycles. The van der Waals surface area contributed by atoms with Crippen LogP contribution >= 0.6 is 11.8 Å². The Hall–Kier alpha value is -2.83. The summed E-state index contributed by atoms with van der Waals surface area (Å²) in [5.41, 5.74) is 4.04. The van der Waals surface area contributed by atoms with Crippen LogP contribution in [0.3, 0.4) is 0 Å². The molecule has 2 aliphatic heterocycles. The molecule has 0 saturated carbocycles. The summed E-state index contributed by atoms with van der Waals surface area (Å²) < 4.78 is 5.96. The predicted octanol–water partition coefficient (Wildman–Crippen LogP) is 3.82. The van der Waals surface area contributed by atoms with E-state index in [2.05, 4.69) is 0 Å². The lowest BCUT2D eigenvalue weighted by Crippen LogP contribution is -2.57. The summed E-state index contributed by atoms with van der Waals surface area (Å²) in [6, 6.07) is 19.0. The quantitative estimate of drug-likeness (QED) is 0.452.